The highest BCUT2D eigenvalue weighted by molar-refractivity contribution is 5.84. The highest BCUT2D eigenvalue weighted by Crippen LogP contribution is 2.44. The highest BCUT2D eigenvalue weighted by atomic mass is 16.5. The lowest BCUT2D eigenvalue weighted by Crippen LogP contribution is -2.44. The van der Waals surface area contributed by atoms with Crippen LogP contribution < -0.4 is 5.32 Å². The van der Waals surface area contributed by atoms with Gasteiger partial charge in [-0.1, -0.05) is 61.4 Å². The van der Waals surface area contributed by atoms with Gasteiger partial charge in [0.05, 0.1) is 5.92 Å². The van der Waals surface area contributed by atoms with Gasteiger partial charge in [-0.25, -0.2) is 4.79 Å². The molecule has 0 bridgehead atoms. The molecule has 2 N–H and O–H groups in total. The third kappa shape index (κ3) is 5.35. The summed E-state index contributed by atoms with van der Waals surface area (Å²) < 4.78 is 5.57. The van der Waals surface area contributed by atoms with E-state index in [0.29, 0.717) is 18.9 Å². The van der Waals surface area contributed by atoms with E-state index >= 15 is 0 Å². The Hall–Kier alpha value is -3.35. The number of hydrogen-bond donors (Lipinski definition) is 2. The first-order chi connectivity index (χ1) is 16.0. The van der Waals surface area contributed by atoms with Gasteiger partial charge in [-0.2, -0.15) is 0 Å². The van der Waals surface area contributed by atoms with Crippen LogP contribution in [0.4, 0.5) is 4.79 Å². The van der Waals surface area contributed by atoms with Gasteiger partial charge in [0, 0.05) is 19.0 Å². The van der Waals surface area contributed by atoms with Crippen molar-refractivity contribution in [3.63, 3.8) is 0 Å². The Balaban J connectivity index is 1.36. The number of ether oxygens (including phenoxy) is 1. The van der Waals surface area contributed by atoms with Gasteiger partial charge in [-0.15, -0.1) is 0 Å². The van der Waals surface area contributed by atoms with Crippen molar-refractivity contribution in [1.29, 1.82) is 0 Å². The molecule has 1 saturated carbocycles. The molecule has 0 radical (unpaired) electrons. The molecule has 1 unspecified atom stereocenters. The highest BCUT2D eigenvalue weighted by Gasteiger charge is 2.33. The molecular weight excluding hydrogens is 420 g/mol. The lowest BCUT2D eigenvalue weighted by molar-refractivity contribution is -0.146. The maximum Gasteiger partial charge on any atom is 0.407 e. The average molecular weight is 451 g/mol. The Morgan fingerprint density at radius 1 is 1.06 bits per heavy atom. The number of carboxylic acids is 1. The Kier molecular flexibility index (Phi) is 6.96. The summed E-state index contributed by atoms with van der Waals surface area (Å²) in [5.74, 6) is -1.28. The summed E-state index contributed by atoms with van der Waals surface area (Å²) in [4.78, 5) is 37.8. The zero-order valence-corrected chi connectivity index (χ0v) is 18.8. The van der Waals surface area contributed by atoms with Crippen LogP contribution >= 0.6 is 0 Å². The second kappa shape index (κ2) is 10.1. The molecule has 2 aliphatic rings. The molecule has 2 amide bonds. The average Bonchev–Trinajstić information content (AvgIpc) is 3.59. The fraction of sp³-hybridized carbons (Fsp3) is 0.423. The lowest BCUT2D eigenvalue weighted by Gasteiger charge is -2.25. The van der Waals surface area contributed by atoms with E-state index in [1.54, 1.807) is 6.92 Å². The molecule has 2 aliphatic carbocycles. The van der Waals surface area contributed by atoms with E-state index in [0.717, 1.165) is 35.1 Å². The van der Waals surface area contributed by atoms with Crippen LogP contribution in [0.2, 0.25) is 0 Å². The molecule has 174 valence electrons. The quantitative estimate of drug-likeness (QED) is 0.573. The minimum atomic E-state index is -1.04. The Labute approximate surface area is 193 Å². The van der Waals surface area contributed by atoms with Crippen LogP contribution in [0.25, 0.3) is 11.1 Å². The third-order valence-corrected chi connectivity index (χ3v) is 6.52. The van der Waals surface area contributed by atoms with E-state index in [4.69, 9.17) is 9.84 Å². The molecule has 33 heavy (non-hydrogen) atoms. The largest absolute Gasteiger partial charge is 0.480 e. The number of carbonyl (C=O) groups excluding carboxylic acids is 2. The number of hydrogen-bond acceptors (Lipinski definition) is 4. The third-order valence-electron chi connectivity index (χ3n) is 6.52. The predicted molar refractivity (Wildman–Crippen MR) is 124 cm³/mol. The summed E-state index contributed by atoms with van der Waals surface area (Å²) in [7, 11) is 0. The Bertz CT molecular complexity index is 987. The number of carbonyl (C=O) groups is 3. The second-order valence-corrected chi connectivity index (χ2v) is 8.83. The molecule has 7 nitrogen and oxygen atoms in total. The van der Waals surface area contributed by atoms with Gasteiger partial charge >= 0.3 is 12.1 Å². The first-order valence-electron chi connectivity index (χ1n) is 11.6. The van der Waals surface area contributed by atoms with Gasteiger partial charge < -0.3 is 20.1 Å². The summed E-state index contributed by atoms with van der Waals surface area (Å²) in [6.45, 7) is 2.09. The smallest absolute Gasteiger partial charge is 0.407 e. The number of fused-ring (bicyclic) bond motifs is 3. The summed E-state index contributed by atoms with van der Waals surface area (Å²) in [5.41, 5.74) is 4.60. The fourth-order valence-electron chi connectivity index (χ4n) is 4.65. The second-order valence-electron chi connectivity index (χ2n) is 8.83. The summed E-state index contributed by atoms with van der Waals surface area (Å²) >= 11 is 0. The first kappa shape index (κ1) is 22.8. The molecule has 2 aromatic carbocycles. The van der Waals surface area contributed by atoms with Crippen molar-refractivity contribution in [2.45, 2.75) is 32.1 Å². The van der Waals surface area contributed by atoms with E-state index in [9.17, 15) is 14.4 Å². The predicted octanol–water partition coefficient (Wildman–Crippen LogP) is 3.87. The van der Waals surface area contributed by atoms with Crippen molar-refractivity contribution in [1.82, 2.24) is 10.2 Å². The molecule has 0 saturated heterocycles. The molecule has 0 aliphatic heterocycles. The summed E-state index contributed by atoms with van der Waals surface area (Å²) in [5, 5.41) is 11.8. The van der Waals surface area contributed by atoms with Crippen LogP contribution in [0.5, 0.6) is 0 Å². The minimum Gasteiger partial charge on any atom is -0.480 e. The normalized spacial score (nSPS) is 15.3. The number of benzene rings is 2. The summed E-state index contributed by atoms with van der Waals surface area (Å²) in [6.07, 6.45) is 2.23. The van der Waals surface area contributed by atoms with Crippen molar-refractivity contribution < 1.29 is 24.2 Å². The van der Waals surface area contributed by atoms with Crippen molar-refractivity contribution in [3.8, 4) is 11.1 Å². The standard InChI is InChI=1S/C26H30N2O5/c1-2-28(15-24(29)30)25(31)18(13-17-11-12-17)14-27-26(32)33-16-23-21-9-5-3-7-19(21)20-8-4-6-10-22(20)23/h3-10,17-18,23H,2,11-16H2,1H3,(H,27,32)(H,29,30). The first-order valence-corrected chi connectivity index (χ1v) is 11.6. The van der Waals surface area contributed by atoms with Crippen LogP contribution in [0.15, 0.2) is 48.5 Å². The molecule has 0 spiro atoms. The van der Waals surface area contributed by atoms with Crippen LogP contribution in [0, 0.1) is 11.8 Å². The monoisotopic (exact) mass is 450 g/mol. The molecular formula is C26H30N2O5. The van der Waals surface area contributed by atoms with Crippen molar-refractivity contribution in [2.24, 2.45) is 11.8 Å². The minimum absolute atomic E-state index is 0.0295. The van der Waals surface area contributed by atoms with E-state index in [1.807, 2.05) is 24.3 Å². The van der Waals surface area contributed by atoms with Crippen molar-refractivity contribution in [2.75, 3.05) is 26.2 Å². The SMILES string of the molecule is CCN(CC(=O)O)C(=O)C(CNC(=O)OCC1c2ccccc2-c2ccccc21)CC1CC1. The molecule has 2 aromatic rings. The Morgan fingerprint density at radius 3 is 2.21 bits per heavy atom. The number of nitrogens with one attached hydrogen (secondary N) is 1. The fourth-order valence-corrected chi connectivity index (χ4v) is 4.65. The zero-order chi connectivity index (χ0) is 23.4. The number of amides is 2. The van der Waals surface area contributed by atoms with Gasteiger partial charge in [0.25, 0.3) is 0 Å². The number of aliphatic carboxylic acids is 1. The maximum absolute atomic E-state index is 12.9. The van der Waals surface area contributed by atoms with Crippen LogP contribution in [-0.2, 0) is 14.3 Å². The molecule has 0 aromatic heterocycles. The number of nitrogens with zero attached hydrogens (tertiary/aromatic N) is 1. The van der Waals surface area contributed by atoms with Gasteiger partial charge in [-0.3, -0.25) is 9.59 Å². The van der Waals surface area contributed by atoms with Gasteiger partial charge in [0.1, 0.15) is 13.2 Å². The van der Waals surface area contributed by atoms with E-state index in [1.165, 1.54) is 4.90 Å². The van der Waals surface area contributed by atoms with E-state index in [-0.39, 0.29) is 31.5 Å². The number of alkyl carbamates (subject to hydrolysis) is 1. The number of likely N-dealkylation sites (N-methyl/N-ethyl adjacent to an activating group) is 1. The lowest BCUT2D eigenvalue weighted by atomic mass is 9.98. The van der Waals surface area contributed by atoms with Crippen molar-refractivity contribution in [3.05, 3.63) is 59.7 Å². The topological polar surface area (TPSA) is 95.9 Å². The number of rotatable bonds is 10. The molecule has 0 heterocycles. The van der Waals surface area contributed by atoms with Gasteiger partial charge in [-0.05, 0) is 41.5 Å². The molecule has 1 fully saturated rings. The number of carboxylic acid groups (broad SMARTS) is 1. The zero-order valence-electron chi connectivity index (χ0n) is 18.8. The molecule has 1 atom stereocenters. The maximum atomic E-state index is 12.9. The van der Waals surface area contributed by atoms with Gasteiger partial charge in [0.2, 0.25) is 5.91 Å². The Morgan fingerprint density at radius 2 is 1.67 bits per heavy atom. The summed E-state index contributed by atoms with van der Waals surface area (Å²) in [6, 6.07) is 16.3. The molecule has 4 rings (SSSR count). The molecule has 7 heteroatoms. The van der Waals surface area contributed by atoms with Gasteiger partial charge in [0.15, 0.2) is 0 Å². The van der Waals surface area contributed by atoms with Crippen LogP contribution in [0.3, 0.4) is 0 Å². The van der Waals surface area contributed by atoms with E-state index < -0.39 is 18.0 Å². The van der Waals surface area contributed by atoms with Crippen LogP contribution in [0.1, 0.15) is 43.2 Å². The van der Waals surface area contributed by atoms with E-state index in [2.05, 4.69) is 29.6 Å². The van der Waals surface area contributed by atoms with Crippen LogP contribution in [-0.4, -0.2) is 54.2 Å². The van der Waals surface area contributed by atoms with Crippen molar-refractivity contribution >= 4 is 18.0 Å².